The van der Waals surface area contributed by atoms with Crippen molar-refractivity contribution in [3.05, 3.63) is 52.0 Å². The lowest BCUT2D eigenvalue weighted by Gasteiger charge is -2.33. The van der Waals surface area contributed by atoms with Gasteiger partial charge in [0.25, 0.3) is 5.91 Å². The number of nitrogens with zero attached hydrogens (tertiary/aromatic N) is 2. The highest BCUT2D eigenvalue weighted by atomic mass is 35.5. The molecule has 1 aliphatic heterocycles. The average molecular weight is 425 g/mol. The molecule has 1 unspecified atom stereocenters. The summed E-state index contributed by atoms with van der Waals surface area (Å²) in [4.78, 5) is 29.3. The van der Waals surface area contributed by atoms with Gasteiger partial charge in [0, 0.05) is 0 Å². The molecule has 0 radical (unpaired) electrons. The third kappa shape index (κ3) is 3.16. The first kappa shape index (κ1) is 18.6. The number of rotatable bonds is 4. The number of benzene rings is 2. The van der Waals surface area contributed by atoms with E-state index in [0.29, 0.717) is 16.4 Å². The molecule has 3 aromatic rings. The number of fused-ring (bicyclic) bond motifs is 2. The number of thiazole rings is 1. The molecule has 1 atom stereocenters. The van der Waals surface area contributed by atoms with Crippen molar-refractivity contribution in [3.63, 3.8) is 0 Å². The summed E-state index contributed by atoms with van der Waals surface area (Å²) in [6.45, 7) is -0.0634. The fourth-order valence-electron chi connectivity index (χ4n) is 2.96. The number of carbonyl (C=O) groups excluding carboxylic acids is 1. The lowest BCUT2D eigenvalue weighted by atomic mass is 10.1. The van der Waals surface area contributed by atoms with E-state index in [9.17, 15) is 18.4 Å². The van der Waals surface area contributed by atoms with Gasteiger partial charge in [-0.15, -0.1) is 11.3 Å². The molecule has 0 aliphatic carbocycles. The Morgan fingerprint density at radius 1 is 1.36 bits per heavy atom. The summed E-state index contributed by atoms with van der Waals surface area (Å²) in [6.07, 6.45) is -1.70. The summed E-state index contributed by atoms with van der Waals surface area (Å²) in [5.74, 6) is -3.60. The van der Waals surface area contributed by atoms with Gasteiger partial charge < -0.3 is 9.84 Å². The standard InChI is InChI=1S/C18H11ClF2N2O4S/c19-8-5-9(20)15(21)16-17(8)28-13(22-16)7-23-10-3-1-2-4-11(10)27-12(18(23)26)6-14(24)25/h1-5,12H,6-7H2,(H,24,25). The predicted octanol–water partition coefficient (Wildman–Crippen LogP) is 4.00. The van der Waals surface area contributed by atoms with Gasteiger partial charge >= 0.3 is 5.97 Å². The molecule has 0 bridgehead atoms. The second-order valence-electron chi connectivity index (χ2n) is 6.04. The van der Waals surface area contributed by atoms with Crippen molar-refractivity contribution in [1.29, 1.82) is 0 Å². The van der Waals surface area contributed by atoms with Gasteiger partial charge in [-0.3, -0.25) is 14.5 Å². The van der Waals surface area contributed by atoms with Crippen molar-refractivity contribution in [2.75, 3.05) is 4.90 Å². The van der Waals surface area contributed by atoms with Crippen LogP contribution in [0.25, 0.3) is 10.2 Å². The second kappa shape index (κ2) is 6.99. The van der Waals surface area contributed by atoms with Gasteiger partial charge in [-0.1, -0.05) is 23.7 Å². The van der Waals surface area contributed by atoms with Crippen molar-refractivity contribution in [3.8, 4) is 5.75 Å². The number of anilines is 1. The molecule has 0 saturated carbocycles. The molecule has 2 aromatic carbocycles. The molecule has 2 heterocycles. The van der Waals surface area contributed by atoms with Crippen LogP contribution in [0.15, 0.2) is 30.3 Å². The average Bonchev–Trinajstić information content (AvgIpc) is 3.07. The Morgan fingerprint density at radius 2 is 2.11 bits per heavy atom. The summed E-state index contributed by atoms with van der Waals surface area (Å²) < 4.78 is 33.4. The minimum absolute atomic E-state index is 0.0232. The van der Waals surface area contributed by atoms with E-state index >= 15 is 0 Å². The summed E-state index contributed by atoms with van der Waals surface area (Å²) >= 11 is 7.01. The SMILES string of the molecule is O=C(O)CC1Oc2ccccc2N(Cc2nc3c(F)c(F)cc(Cl)c3s2)C1=O. The normalized spacial score (nSPS) is 16.2. The van der Waals surface area contributed by atoms with Crippen LogP contribution < -0.4 is 9.64 Å². The number of carboxylic acids is 1. The molecular formula is C18H11ClF2N2O4S. The maximum absolute atomic E-state index is 14.0. The first-order valence-electron chi connectivity index (χ1n) is 8.07. The van der Waals surface area contributed by atoms with Gasteiger partial charge in [0.05, 0.1) is 28.4 Å². The smallest absolute Gasteiger partial charge is 0.307 e. The van der Waals surface area contributed by atoms with Crippen molar-refractivity contribution >= 4 is 50.7 Å². The van der Waals surface area contributed by atoms with E-state index in [1.54, 1.807) is 24.3 Å². The zero-order chi connectivity index (χ0) is 20.0. The number of halogens is 3. The predicted molar refractivity (Wildman–Crippen MR) is 98.8 cm³/mol. The Kier molecular flexibility index (Phi) is 4.64. The van der Waals surface area contributed by atoms with E-state index < -0.39 is 36.0 Å². The first-order chi connectivity index (χ1) is 13.3. The molecule has 1 N–H and O–H groups in total. The number of ether oxygens (including phenoxy) is 1. The lowest BCUT2D eigenvalue weighted by Crippen LogP contribution is -2.46. The van der Waals surface area contributed by atoms with E-state index in [1.165, 1.54) is 4.90 Å². The van der Waals surface area contributed by atoms with Crippen LogP contribution in [0, 0.1) is 11.6 Å². The quantitative estimate of drug-likeness (QED) is 0.640. The minimum Gasteiger partial charge on any atom is -0.481 e. The zero-order valence-corrected chi connectivity index (χ0v) is 15.6. The Labute approximate surface area is 165 Å². The van der Waals surface area contributed by atoms with Crippen molar-refractivity contribution in [2.45, 2.75) is 19.1 Å². The monoisotopic (exact) mass is 424 g/mol. The fraction of sp³-hybridized carbons (Fsp3) is 0.167. The number of aromatic nitrogens is 1. The Balaban J connectivity index is 1.74. The van der Waals surface area contributed by atoms with E-state index in [1.807, 2.05) is 0 Å². The molecule has 1 aromatic heterocycles. The van der Waals surface area contributed by atoms with Gasteiger partial charge in [0.2, 0.25) is 0 Å². The molecule has 4 rings (SSSR count). The lowest BCUT2D eigenvalue weighted by molar-refractivity contribution is -0.142. The molecule has 0 saturated heterocycles. The van der Waals surface area contributed by atoms with Crippen LogP contribution in [0.5, 0.6) is 5.75 Å². The third-order valence-corrected chi connectivity index (χ3v) is 5.66. The highest BCUT2D eigenvalue weighted by molar-refractivity contribution is 7.19. The van der Waals surface area contributed by atoms with Crippen molar-refractivity contribution < 1.29 is 28.2 Å². The van der Waals surface area contributed by atoms with E-state index in [0.717, 1.165) is 17.4 Å². The number of para-hydroxylation sites is 2. The molecule has 0 fully saturated rings. The Bertz CT molecular complexity index is 1120. The number of carbonyl (C=O) groups is 2. The number of carboxylic acid groups (broad SMARTS) is 1. The van der Waals surface area contributed by atoms with Crippen LogP contribution >= 0.6 is 22.9 Å². The fourth-order valence-corrected chi connectivity index (χ4v) is 4.21. The molecule has 1 amide bonds. The van der Waals surface area contributed by atoms with Crippen LogP contribution in [0.4, 0.5) is 14.5 Å². The van der Waals surface area contributed by atoms with Crippen LogP contribution in [0.1, 0.15) is 11.4 Å². The zero-order valence-electron chi connectivity index (χ0n) is 14.0. The molecular weight excluding hydrogens is 414 g/mol. The van der Waals surface area contributed by atoms with E-state index in [-0.39, 0.29) is 21.8 Å². The second-order valence-corrected chi connectivity index (χ2v) is 7.53. The van der Waals surface area contributed by atoms with Gasteiger partial charge in [-0.25, -0.2) is 13.8 Å². The highest BCUT2D eigenvalue weighted by Gasteiger charge is 2.36. The number of aliphatic carboxylic acids is 1. The van der Waals surface area contributed by atoms with Crippen LogP contribution in [0.3, 0.4) is 0 Å². The topological polar surface area (TPSA) is 79.7 Å². The molecule has 0 spiro atoms. The maximum Gasteiger partial charge on any atom is 0.307 e. The number of hydrogen-bond acceptors (Lipinski definition) is 5. The van der Waals surface area contributed by atoms with Crippen LogP contribution in [-0.2, 0) is 16.1 Å². The van der Waals surface area contributed by atoms with Crippen LogP contribution in [-0.4, -0.2) is 28.1 Å². The third-order valence-electron chi connectivity index (χ3n) is 4.18. The summed E-state index contributed by atoms with van der Waals surface area (Å²) in [5.41, 5.74) is 0.229. The number of hydrogen-bond donors (Lipinski definition) is 1. The first-order valence-corrected chi connectivity index (χ1v) is 9.26. The van der Waals surface area contributed by atoms with Crippen molar-refractivity contribution in [1.82, 2.24) is 4.98 Å². The minimum atomic E-state index is -1.19. The van der Waals surface area contributed by atoms with E-state index in [4.69, 9.17) is 21.4 Å². The Hall–Kier alpha value is -2.78. The summed E-state index contributed by atoms with van der Waals surface area (Å²) in [5, 5.41) is 9.38. The van der Waals surface area contributed by atoms with E-state index in [2.05, 4.69) is 4.98 Å². The van der Waals surface area contributed by atoms with Gasteiger partial charge in [-0.2, -0.15) is 0 Å². The molecule has 6 nitrogen and oxygen atoms in total. The summed E-state index contributed by atoms with van der Waals surface area (Å²) in [7, 11) is 0. The summed E-state index contributed by atoms with van der Waals surface area (Å²) in [6, 6.07) is 7.53. The van der Waals surface area contributed by atoms with Gasteiger partial charge in [-0.05, 0) is 18.2 Å². The molecule has 28 heavy (non-hydrogen) atoms. The Morgan fingerprint density at radius 3 is 2.86 bits per heavy atom. The highest BCUT2D eigenvalue weighted by Crippen LogP contribution is 2.38. The largest absolute Gasteiger partial charge is 0.481 e. The van der Waals surface area contributed by atoms with Crippen LogP contribution in [0.2, 0.25) is 5.02 Å². The number of amides is 1. The molecule has 1 aliphatic rings. The van der Waals surface area contributed by atoms with Gasteiger partial charge in [0.15, 0.2) is 17.7 Å². The molecule has 144 valence electrons. The molecule has 10 heteroatoms. The van der Waals surface area contributed by atoms with Crippen molar-refractivity contribution in [2.24, 2.45) is 0 Å². The maximum atomic E-state index is 14.0. The van der Waals surface area contributed by atoms with Gasteiger partial charge in [0.1, 0.15) is 16.3 Å².